The lowest BCUT2D eigenvalue weighted by Gasteiger charge is -2.37. The maximum Gasteiger partial charge on any atom is 0.256 e. The van der Waals surface area contributed by atoms with Crippen molar-refractivity contribution in [1.29, 1.82) is 0 Å². The van der Waals surface area contributed by atoms with Gasteiger partial charge in [-0.05, 0) is 43.0 Å². The van der Waals surface area contributed by atoms with Crippen LogP contribution in [-0.2, 0) is 13.0 Å². The Bertz CT molecular complexity index is 1240. The van der Waals surface area contributed by atoms with Gasteiger partial charge in [-0.25, -0.2) is 4.98 Å². The molecule has 0 radical (unpaired) electrons. The van der Waals surface area contributed by atoms with E-state index in [0.717, 1.165) is 22.9 Å². The quantitative estimate of drug-likeness (QED) is 0.523. The van der Waals surface area contributed by atoms with Crippen molar-refractivity contribution in [2.45, 2.75) is 32.9 Å². The maximum absolute atomic E-state index is 13.7. The lowest BCUT2D eigenvalue weighted by Crippen LogP contribution is -2.47. The summed E-state index contributed by atoms with van der Waals surface area (Å²) >= 11 is 0. The van der Waals surface area contributed by atoms with Crippen LogP contribution < -0.4 is 4.74 Å². The lowest BCUT2D eigenvalue weighted by atomic mass is 9.92. The summed E-state index contributed by atoms with van der Waals surface area (Å²) in [6.45, 7) is 5.07. The molecule has 0 bridgehead atoms. The normalized spacial score (nSPS) is 15.7. The van der Waals surface area contributed by atoms with Crippen LogP contribution in [0.1, 0.15) is 32.6 Å². The topological polar surface area (TPSA) is 58.2 Å². The Hall–Kier alpha value is -3.60. The first-order chi connectivity index (χ1) is 15.1. The average Bonchev–Trinajstić information content (AvgIpc) is 3.22. The molecule has 1 N–H and O–H groups in total. The third-order valence-corrected chi connectivity index (χ3v) is 5.99. The summed E-state index contributed by atoms with van der Waals surface area (Å²) in [7, 11) is 0. The minimum Gasteiger partial charge on any atom is -0.475 e. The third kappa shape index (κ3) is 3.79. The first-order valence-corrected chi connectivity index (χ1v) is 10.6. The van der Waals surface area contributed by atoms with Gasteiger partial charge >= 0.3 is 0 Å². The first kappa shape index (κ1) is 19.4. The van der Waals surface area contributed by atoms with Gasteiger partial charge in [-0.2, -0.15) is 0 Å². The summed E-state index contributed by atoms with van der Waals surface area (Å²) in [5, 5.41) is 0.946. The molecule has 31 heavy (non-hydrogen) atoms. The van der Waals surface area contributed by atoms with Crippen molar-refractivity contribution in [2.75, 3.05) is 6.61 Å². The van der Waals surface area contributed by atoms with Crippen LogP contribution in [0.4, 0.5) is 0 Å². The molecule has 5 rings (SSSR count). The SMILES string of the molecule is Cc1ccc(OCC2Cc3cc(C)ccc3CN2C(=O)c2c[nH]c3ccccc23)nc1. The van der Waals surface area contributed by atoms with Crippen LogP contribution in [0, 0.1) is 13.8 Å². The zero-order valence-electron chi connectivity index (χ0n) is 17.8. The predicted molar refractivity (Wildman–Crippen MR) is 121 cm³/mol. The highest BCUT2D eigenvalue weighted by Gasteiger charge is 2.32. The van der Waals surface area contributed by atoms with E-state index in [4.69, 9.17) is 4.74 Å². The molecular formula is C26H25N3O2. The van der Waals surface area contributed by atoms with Gasteiger partial charge in [0.1, 0.15) is 6.61 Å². The van der Waals surface area contributed by atoms with Crippen molar-refractivity contribution < 1.29 is 9.53 Å². The maximum atomic E-state index is 13.7. The molecule has 1 atom stereocenters. The van der Waals surface area contributed by atoms with Crippen molar-refractivity contribution in [2.24, 2.45) is 0 Å². The van der Waals surface area contributed by atoms with E-state index in [9.17, 15) is 4.79 Å². The van der Waals surface area contributed by atoms with Crippen LogP contribution in [0.2, 0.25) is 0 Å². The molecule has 1 amide bonds. The number of pyridine rings is 1. The van der Waals surface area contributed by atoms with Crippen molar-refractivity contribution in [3.63, 3.8) is 0 Å². The van der Waals surface area contributed by atoms with Gasteiger partial charge in [0.05, 0.1) is 11.6 Å². The lowest BCUT2D eigenvalue weighted by molar-refractivity contribution is 0.0564. The second kappa shape index (κ2) is 7.91. The second-order valence-corrected chi connectivity index (χ2v) is 8.30. The molecule has 0 aliphatic carbocycles. The number of nitrogens with zero attached hydrogens (tertiary/aromatic N) is 2. The summed E-state index contributed by atoms with van der Waals surface area (Å²) in [5.74, 6) is 0.606. The van der Waals surface area contributed by atoms with Crippen LogP contribution >= 0.6 is 0 Å². The standard InChI is InChI=1S/C26H25N3O2/c1-17-7-9-19-15-29(26(30)23-14-27-24-6-4-3-5-22(23)24)21(12-20(19)11-17)16-31-25-10-8-18(2)13-28-25/h3-11,13-14,21,27H,12,15-16H2,1-2H3. The zero-order valence-corrected chi connectivity index (χ0v) is 17.8. The molecule has 156 valence electrons. The monoisotopic (exact) mass is 411 g/mol. The van der Waals surface area contributed by atoms with Crippen molar-refractivity contribution in [3.05, 3.63) is 94.8 Å². The first-order valence-electron chi connectivity index (χ1n) is 10.6. The molecule has 0 saturated carbocycles. The molecule has 1 unspecified atom stereocenters. The van der Waals surface area contributed by atoms with Gasteiger partial charge < -0.3 is 14.6 Å². The molecule has 4 aromatic rings. The molecule has 0 saturated heterocycles. The van der Waals surface area contributed by atoms with E-state index in [2.05, 4.69) is 35.1 Å². The Morgan fingerprint density at radius 2 is 1.94 bits per heavy atom. The van der Waals surface area contributed by atoms with Crippen LogP contribution in [0.15, 0.2) is 67.0 Å². The summed E-state index contributed by atoms with van der Waals surface area (Å²) in [6.07, 6.45) is 4.37. The van der Waals surface area contributed by atoms with Gasteiger partial charge in [0.2, 0.25) is 5.88 Å². The van der Waals surface area contributed by atoms with Gasteiger partial charge in [0, 0.05) is 35.9 Å². The van der Waals surface area contributed by atoms with E-state index < -0.39 is 0 Å². The number of aromatic nitrogens is 2. The van der Waals surface area contributed by atoms with Crippen LogP contribution in [0.5, 0.6) is 5.88 Å². The van der Waals surface area contributed by atoms with Gasteiger partial charge in [-0.1, -0.05) is 48.0 Å². The van der Waals surface area contributed by atoms with E-state index in [-0.39, 0.29) is 11.9 Å². The summed E-state index contributed by atoms with van der Waals surface area (Å²) in [5.41, 5.74) is 6.47. The number of aromatic amines is 1. The Balaban J connectivity index is 1.46. The number of para-hydroxylation sites is 1. The third-order valence-electron chi connectivity index (χ3n) is 5.99. The van der Waals surface area contributed by atoms with Crippen molar-refractivity contribution in [3.8, 4) is 5.88 Å². The number of fused-ring (bicyclic) bond motifs is 2. The molecule has 0 fully saturated rings. The van der Waals surface area contributed by atoms with E-state index in [1.807, 2.05) is 54.4 Å². The smallest absolute Gasteiger partial charge is 0.256 e. The molecule has 1 aliphatic rings. The van der Waals surface area contributed by atoms with Gasteiger partial charge in [0.25, 0.3) is 5.91 Å². The molecule has 2 aromatic carbocycles. The highest BCUT2D eigenvalue weighted by atomic mass is 16.5. The van der Waals surface area contributed by atoms with E-state index in [0.29, 0.717) is 24.6 Å². The Morgan fingerprint density at radius 3 is 2.77 bits per heavy atom. The fourth-order valence-electron chi connectivity index (χ4n) is 4.29. The number of rotatable bonds is 4. The van der Waals surface area contributed by atoms with Gasteiger partial charge in [-0.3, -0.25) is 4.79 Å². The minimum absolute atomic E-state index is 0.0224. The molecule has 5 nitrogen and oxygen atoms in total. The molecule has 1 aliphatic heterocycles. The number of carbonyl (C=O) groups excluding carboxylic acids is 1. The van der Waals surface area contributed by atoms with E-state index in [1.54, 1.807) is 6.20 Å². The number of carbonyl (C=O) groups is 1. The van der Waals surface area contributed by atoms with E-state index >= 15 is 0 Å². The number of H-pyrrole nitrogens is 1. The van der Waals surface area contributed by atoms with E-state index in [1.165, 1.54) is 16.7 Å². The number of aryl methyl sites for hydroxylation is 2. The Morgan fingerprint density at radius 1 is 1.10 bits per heavy atom. The average molecular weight is 412 g/mol. The summed E-state index contributed by atoms with van der Waals surface area (Å²) in [6, 6.07) is 18.2. The molecule has 3 heterocycles. The van der Waals surface area contributed by atoms with Crippen molar-refractivity contribution >= 4 is 16.8 Å². The highest BCUT2D eigenvalue weighted by molar-refractivity contribution is 6.06. The predicted octanol–water partition coefficient (Wildman–Crippen LogP) is 4.83. The summed E-state index contributed by atoms with van der Waals surface area (Å²) in [4.78, 5) is 23.2. The highest BCUT2D eigenvalue weighted by Crippen LogP contribution is 2.28. The number of hydrogen-bond acceptors (Lipinski definition) is 3. The number of nitrogens with one attached hydrogen (secondary N) is 1. The largest absolute Gasteiger partial charge is 0.475 e. The second-order valence-electron chi connectivity index (χ2n) is 8.30. The minimum atomic E-state index is -0.0708. The van der Waals surface area contributed by atoms with Crippen LogP contribution in [0.25, 0.3) is 10.9 Å². The van der Waals surface area contributed by atoms with Gasteiger partial charge in [-0.15, -0.1) is 0 Å². The molecule has 0 spiro atoms. The fourth-order valence-corrected chi connectivity index (χ4v) is 4.29. The Labute approximate surface area is 181 Å². The molecular weight excluding hydrogens is 386 g/mol. The molecule has 2 aromatic heterocycles. The van der Waals surface area contributed by atoms with Crippen LogP contribution in [0.3, 0.4) is 0 Å². The Kier molecular flexibility index (Phi) is 4.94. The number of amides is 1. The number of benzene rings is 2. The molecule has 5 heteroatoms. The zero-order chi connectivity index (χ0) is 21.4. The number of hydrogen-bond donors (Lipinski definition) is 1. The van der Waals surface area contributed by atoms with Crippen LogP contribution in [-0.4, -0.2) is 33.4 Å². The van der Waals surface area contributed by atoms with Crippen molar-refractivity contribution in [1.82, 2.24) is 14.9 Å². The number of ether oxygens (including phenoxy) is 1. The summed E-state index contributed by atoms with van der Waals surface area (Å²) < 4.78 is 6.02. The fraction of sp³-hybridized carbons (Fsp3) is 0.231. The van der Waals surface area contributed by atoms with Gasteiger partial charge in [0.15, 0.2) is 0 Å².